The van der Waals surface area contributed by atoms with Crippen LogP contribution in [0, 0.1) is 5.82 Å². The lowest BCUT2D eigenvalue weighted by molar-refractivity contribution is -0.140. The summed E-state index contributed by atoms with van der Waals surface area (Å²) in [4.78, 5) is 29.0. The highest BCUT2D eigenvalue weighted by Gasteiger charge is 2.45. The molecule has 0 unspecified atom stereocenters. The van der Waals surface area contributed by atoms with Crippen LogP contribution in [0.3, 0.4) is 0 Å². The van der Waals surface area contributed by atoms with Crippen molar-refractivity contribution in [2.24, 2.45) is 0 Å². The van der Waals surface area contributed by atoms with E-state index in [9.17, 15) is 19.1 Å². The van der Waals surface area contributed by atoms with Crippen LogP contribution in [-0.2, 0) is 9.59 Å². The van der Waals surface area contributed by atoms with Crippen LogP contribution in [0.2, 0.25) is 0 Å². The standard InChI is InChI=1S/C24H25FN2O4/c1-4-15-31-19-11-7-17(8-12-19)22(28)20-21(16-5-9-18(25)10-6-16)27(14-13-26(2)3)24(30)23(20)29/h4-12,21,28H,1,13-15H2,2-3H3/b22-20+/t21-/m1/s1. The average molecular weight is 424 g/mol. The summed E-state index contributed by atoms with van der Waals surface area (Å²) in [7, 11) is 3.72. The van der Waals surface area contributed by atoms with Crippen molar-refractivity contribution in [3.63, 3.8) is 0 Å². The summed E-state index contributed by atoms with van der Waals surface area (Å²) < 4.78 is 18.9. The molecule has 0 aliphatic carbocycles. The van der Waals surface area contributed by atoms with E-state index < -0.39 is 23.5 Å². The van der Waals surface area contributed by atoms with Crippen LogP contribution < -0.4 is 4.74 Å². The van der Waals surface area contributed by atoms with Gasteiger partial charge in [0.1, 0.15) is 23.9 Å². The molecule has 2 aromatic carbocycles. The monoisotopic (exact) mass is 424 g/mol. The van der Waals surface area contributed by atoms with Gasteiger partial charge < -0.3 is 19.6 Å². The molecule has 1 heterocycles. The Bertz CT molecular complexity index is 997. The number of nitrogens with zero attached hydrogens (tertiary/aromatic N) is 2. The second-order valence-corrected chi connectivity index (χ2v) is 7.47. The van der Waals surface area contributed by atoms with E-state index in [0.29, 0.717) is 30.0 Å². The fraction of sp³-hybridized carbons (Fsp3) is 0.250. The van der Waals surface area contributed by atoms with Gasteiger partial charge in [-0.15, -0.1) is 0 Å². The molecule has 1 saturated heterocycles. The van der Waals surface area contributed by atoms with E-state index in [-0.39, 0.29) is 17.9 Å². The molecule has 1 amide bonds. The predicted molar refractivity (Wildman–Crippen MR) is 116 cm³/mol. The molecular weight excluding hydrogens is 399 g/mol. The predicted octanol–water partition coefficient (Wildman–Crippen LogP) is 3.37. The first-order valence-electron chi connectivity index (χ1n) is 9.86. The molecule has 1 fully saturated rings. The first kappa shape index (κ1) is 22.2. The first-order chi connectivity index (χ1) is 14.8. The number of aliphatic hydroxyl groups excluding tert-OH is 1. The summed E-state index contributed by atoms with van der Waals surface area (Å²) in [5, 5.41) is 11.0. The number of rotatable bonds is 8. The Balaban J connectivity index is 2.05. The molecule has 2 aromatic rings. The SMILES string of the molecule is C=CCOc1ccc(/C(O)=C2\C(=O)C(=O)N(CCN(C)C)[C@@H]2c2ccc(F)cc2)cc1. The van der Waals surface area contributed by atoms with Crippen molar-refractivity contribution in [1.29, 1.82) is 0 Å². The lowest BCUT2D eigenvalue weighted by Crippen LogP contribution is -2.35. The average Bonchev–Trinajstić information content (AvgIpc) is 3.01. The van der Waals surface area contributed by atoms with Gasteiger partial charge in [0.25, 0.3) is 11.7 Å². The van der Waals surface area contributed by atoms with Crippen LogP contribution >= 0.6 is 0 Å². The molecule has 162 valence electrons. The molecule has 1 atom stereocenters. The number of carbonyl (C=O) groups is 2. The lowest BCUT2D eigenvalue weighted by atomic mass is 9.95. The number of amides is 1. The number of likely N-dealkylation sites (tertiary alicyclic amines) is 1. The molecule has 31 heavy (non-hydrogen) atoms. The number of ether oxygens (including phenoxy) is 1. The molecule has 1 aliphatic heterocycles. The van der Waals surface area contributed by atoms with Crippen LogP contribution in [0.4, 0.5) is 4.39 Å². The van der Waals surface area contributed by atoms with Gasteiger partial charge in [-0.1, -0.05) is 24.8 Å². The van der Waals surface area contributed by atoms with Gasteiger partial charge in [-0.2, -0.15) is 0 Å². The third kappa shape index (κ3) is 4.83. The Hall–Kier alpha value is -3.45. The van der Waals surface area contributed by atoms with Gasteiger partial charge in [-0.05, 0) is 56.1 Å². The fourth-order valence-electron chi connectivity index (χ4n) is 3.43. The molecule has 3 rings (SSSR count). The number of hydrogen-bond acceptors (Lipinski definition) is 5. The summed E-state index contributed by atoms with van der Waals surface area (Å²) in [6.07, 6.45) is 1.62. The van der Waals surface area contributed by atoms with Gasteiger partial charge in [0.05, 0.1) is 11.6 Å². The minimum absolute atomic E-state index is 0.0184. The highest BCUT2D eigenvalue weighted by molar-refractivity contribution is 6.46. The van der Waals surface area contributed by atoms with Crippen LogP contribution in [-0.4, -0.2) is 60.4 Å². The fourth-order valence-corrected chi connectivity index (χ4v) is 3.43. The molecule has 0 bridgehead atoms. The molecule has 0 saturated carbocycles. The highest BCUT2D eigenvalue weighted by atomic mass is 19.1. The number of halogens is 1. The van der Waals surface area contributed by atoms with E-state index in [1.165, 1.54) is 29.2 Å². The van der Waals surface area contributed by atoms with E-state index in [4.69, 9.17) is 4.74 Å². The Morgan fingerprint density at radius 2 is 1.81 bits per heavy atom. The van der Waals surface area contributed by atoms with E-state index >= 15 is 0 Å². The Morgan fingerprint density at radius 3 is 2.39 bits per heavy atom. The van der Waals surface area contributed by atoms with E-state index in [1.54, 1.807) is 30.3 Å². The number of aliphatic hydroxyl groups is 1. The summed E-state index contributed by atoms with van der Waals surface area (Å²) >= 11 is 0. The smallest absolute Gasteiger partial charge is 0.295 e. The van der Waals surface area contributed by atoms with Gasteiger partial charge in [0.15, 0.2) is 0 Å². The van der Waals surface area contributed by atoms with Crippen LogP contribution in [0.1, 0.15) is 17.2 Å². The molecule has 6 nitrogen and oxygen atoms in total. The Labute approximate surface area is 180 Å². The zero-order chi connectivity index (χ0) is 22.5. The molecule has 0 aromatic heterocycles. The third-order valence-electron chi connectivity index (χ3n) is 5.01. The topological polar surface area (TPSA) is 70.1 Å². The van der Waals surface area contributed by atoms with Crippen LogP contribution in [0.5, 0.6) is 5.75 Å². The zero-order valence-electron chi connectivity index (χ0n) is 17.5. The number of benzene rings is 2. The van der Waals surface area contributed by atoms with Gasteiger partial charge in [0, 0.05) is 18.7 Å². The van der Waals surface area contributed by atoms with Gasteiger partial charge >= 0.3 is 0 Å². The normalized spacial score (nSPS) is 17.9. The maximum atomic E-state index is 13.5. The number of Topliss-reactive ketones (excluding diaryl/α,β-unsaturated/α-hetero) is 1. The molecule has 1 aliphatic rings. The maximum absolute atomic E-state index is 13.5. The zero-order valence-corrected chi connectivity index (χ0v) is 17.5. The van der Waals surface area contributed by atoms with E-state index in [2.05, 4.69) is 6.58 Å². The van der Waals surface area contributed by atoms with Gasteiger partial charge in [-0.25, -0.2) is 4.39 Å². The maximum Gasteiger partial charge on any atom is 0.295 e. The van der Waals surface area contributed by atoms with Crippen molar-refractivity contribution >= 4 is 17.4 Å². The second kappa shape index (κ2) is 9.57. The van der Waals surface area contributed by atoms with Crippen molar-refractivity contribution in [3.8, 4) is 5.75 Å². The van der Waals surface area contributed by atoms with E-state index in [0.717, 1.165) is 0 Å². The summed E-state index contributed by atoms with van der Waals surface area (Å²) in [5.74, 6) is -1.58. The summed E-state index contributed by atoms with van der Waals surface area (Å²) in [6.45, 7) is 4.74. The second-order valence-electron chi connectivity index (χ2n) is 7.47. The minimum Gasteiger partial charge on any atom is -0.507 e. The summed E-state index contributed by atoms with van der Waals surface area (Å²) in [5.41, 5.74) is 0.908. The first-order valence-corrected chi connectivity index (χ1v) is 9.86. The van der Waals surface area contributed by atoms with Crippen molar-refractivity contribution in [1.82, 2.24) is 9.80 Å². The Kier molecular flexibility index (Phi) is 6.87. The quantitative estimate of drug-likeness (QED) is 0.305. The van der Waals surface area contributed by atoms with E-state index in [1.807, 2.05) is 19.0 Å². The Morgan fingerprint density at radius 1 is 1.16 bits per heavy atom. The molecular formula is C24H25FN2O4. The van der Waals surface area contributed by atoms with Gasteiger partial charge in [0.2, 0.25) is 0 Å². The largest absolute Gasteiger partial charge is 0.507 e. The number of carbonyl (C=O) groups excluding carboxylic acids is 2. The summed E-state index contributed by atoms with van der Waals surface area (Å²) in [6, 6.07) is 11.3. The highest BCUT2D eigenvalue weighted by Crippen LogP contribution is 2.39. The molecule has 1 N–H and O–H groups in total. The molecule has 7 heteroatoms. The molecule has 0 radical (unpaired) electrons. The van der Waals surface area contributed by atoms with Crippen molar-refractivity contribution in [2.75, 3.05) is 33.8 Å². The molecule has 0 spiro atoms. The van der Waals surface area contributed by atoms with Gasteiger partial charge in [-0.3, -0.25) is 9.59 Å². The van der Waals surface area contributed by atoms with Crippen molar-refractivity contribution in [2.45, 2.75) is 6.04 Å². The number of ketones is 1. The van der Waals surface area contributed by atoms with Crippen LogP contribution in [0.25, 0.3) is 5.76 Å². The number of likely N-dealkylation sites (N-methyl/N-ethyl adjacent to an activating group) is 1. The van der Waals surface area contributed by atoms with Crippen LogP contribution in [0.15, 0.2) is 66.8 Å². The van der Waals surface area contributed by atoms with Crippen molar-refractivity contribution in [3.05, 3.63) is 83.7 Å². The van der Waals surface area contributed by atoms with Crippen molar-refractivity contribution < 1.29 is 23.8 Å². The lowest BCUT2D eigenvalue weighted by Gasteiger charge is -2.26. The third-order valence-corrected chi connectivity index (χ3v) is 5.01. The minimum atomic E-state index is -0.808. The number of hydrogen-bond donors (Lipinski definition) is 1.